The summed E-state index contributed by atoms with van der Waals surface area (Å²) in [5.41, 5.74) is 2.52. The Labute approximate surface area is 147 Å². The quantitative estimate of drug-likeness (QED) is 0.861. The molecular weight excluding hydrogens is 316 g/mol. The maximum atomic E-state index is 12.5. The van der Waals surface area contributed by atoms with Crippen LogP contribution in [0.4, 0.5) is 0 Å². The van der Waals surface area contributed by atoms with Gasteiger partial charge in [0.05, 0.1) is 6.10 Å². The van der Waals surface area contributed by atoms with Crippen molar-refractivity contribution in [1.29, 1.82) is 0 Å². The van der Waals surface area contributed by atoms with Gasteiger partial charge in [0.1, 0.15) is 11.3 Å². The molecule has 1 aromatic rings. The molecule has 2 saturated heterocycles. The lowest BCUT2D eigenvalue weighted by Crippen LogP contribution is -2.71. The van der Waals surface area contributed by atoms with Gasteiger partial charge in [0.25, 0.3) is 5.91 Å². The van der Waals surface area contributed by atoms with E-state index >= 15 is 0 Å². The van der Waals surface area contributed by atoms with Crippen LogP contribution in [0.15, 0.2) is 24.8 Å². The highest BCUT2D eigenvalue weighted by Gasteiger charge is 2.61. The van der Waals surface area contributed by atoms with Crippen LogP contribution in [0.2, 0.25) is 0 Å². The van der Waals surface area contributed by atoms with Crippen LogP contribution in [0, 0.1) is 5.92 Å². The number of piperidine rings is 2. The van der Waals surface area contributed by atoms with Crippen LogP contribution in [0.3, 0.4) is 0 Å². The van der Waals surface area contributed by atoms with Crippen LogP contribution in [0.25, 0.3) is 5.70 Å². The predicted molar refractivity (Wildman–Crippen MR) is 92.5 cm³/mol. The van der Waals surface area contributed by atoms with Gasteiger partial charge in [-0.2, -0.15) is 0 Å². The maximum Gasteiger partial charge on any atom is 0.252 e. The monoisotopic (exact) mass is 338 g/mol. The Balaban J connectivity index is 1.39. The predicted octanol–water partition coefficient (Wildman–Crippen LogP) is 2.60. The van der Waals surface area contributed by atoms with Crippen LogP contribution in [0.1, 0.15) is 49.7 Å². The summed E-state index contributed by atoms with van der Waals surface area (Å²) in [6, 6.07) is 6.16. The molecule has 2 amide bonds. The van der Waals surface area contributed by atoms with Gasteiger partial charge >= 0.3 is 0 Å². The van der Waals surface area contributed by atoms with Crippen LogP contribution in [-0.4, -0.2) is 28.4 Å². The van der Waals surface area contributed by atoms with Gasteiger partial charge in [-0.05, 0) is 62.3 Å². The van der Waals surface area contributed by atoms with Gasteiger partial charge in [-0.25, -0.2) is 0 Å². The van der Waals surface area contributed by atoms with Crippen molar-refractivity contribution in [3.05, 3.63) is 35.9 Å². The molecule has 5 nitrogen and oxygen atoms in total. The third kappa shape index (κ3) is 2.08. The van der Waals surface area contributed by atoms with Crippen molar-refractivity contribution >= 4 is 17.5 Å². The molecule has 4 fully saturated rings. The second-order valence-corrected chi connectivity index (χ2v) is 7.83. The molecule has 2 bridgehead atoms. The SMILES string of the molecule is C=C1c2ccc(OC3CCCC3)cc2CN1C12CC(C1)C(=O)NC2=O. The average Bonchev–Trinajstić information content (AvgIpc) is 3.15. The number of nitrogens with zero attached hydrogens (tertiary/aromatic N) is 1. The van der Waals surface area contributed by atoms with Gasteiger partial charge < -0.3 is 9.64 Å². The van der Waals surface area contributed by atoms with E-state index in [1.165, 1.54) is 12.8 Å². The van der Waals surface area contributed by atoms with E-state index in [2.05, 4.69) is 28.9 Å². The summed E-state index contributed by atoms with van der Waals surface area (Å²) in [5.74, 6) is 0.584. The summed E-state index contributed by atoms with van der Waals surface area (Å²) in [4.78, 5) is 26.3. The molecule has 0 radical (unpaired) electrons. The first-order valence-corrected chi connectivity index (χ1v) is 9.19. The molecule has 1 aromatic carbocycles. The van der Waals surface area contributed by atoms with Gasteiger partial charge in [-0.3, -0.25) is 14.9 Å². The fourth-order valence-corrected chi connectivity index (χ4v) is 4.87. The van der Waals surface area contributed by atoms with E-state index in [0.29, 0.717) is 25.5 Å². The highest BCUT2D eigenvalue weighted by Crippen LogP contribution is 2.51. The van der Waals surface area contributed by atoms with E-state index in [-0.39, 0.29) is 17.7 Å². The van der Waals surface area contributed by atoms with E-state index in [1.54, 1.807) is 0 Å². The smallest absolute Gasteiger partial charge is 0.252 e. The molecule has 5 heteroatoms. The Kier molecular flexibility index (Phi) is 3.06. The normalized spacial score (nSPS) is 31.0. The van der Waals surface area contributed by atoms with Crippen molar-refractivity contribution in [2.45, 2.75) is 56.7 Å². The fourth-order valence-electron chi connectivity index (χ4n) is 4.87. The molecule has 0 aromatic heterocycles. The summed E-state index contributed by atoms with van der Waals surface area (Å²) >= 11 is 0. The lowest BCUT2D eigenvalue weighted by atomic mass is 9.63. The molecule has 0 atom stereocenters. The molecule has 0 spiro atoms. The molecule has 130 valence electrons. The number of hydrogen-bond acceptors (Lipinski definition) is 4. The number of nitrogens with one attached hydrogen (secondary N) is 1. The fraction of sp³-hybridized carbons (Fsp3) is 0.500. The average molecular weight is 338 g/mol. The minimum Gasteiger partial charge on any atom is -0.490 e. The third-order valence-corrected chi connectivity index (χ3v) is 6.36. The molecule has 0 unspecified atom stereocenters. The maximum absolute atomic E-state index is 12.5. The standard InChI is InChI=1S/C20H22N2O3/c1-12-17-7-6-16(25-15-4-2-3-5-15)8-13(17)11-22(12)20-9-14(10-20)18(23)21-19(20)24/h6-8,14-15H,1-5,9-11H2,(H,21,23,24). The largest absolute Gasteiger partial charge is 0.490 e. The lowest BCUT2D eigenvalue weighted by molar-refractivity contribution is -0.159. The Bertz CT molecular complexity index is 788. The number of rotatable bonds is 3. The molecular formula is C20H22N2O3. The van der Waals surface area contributed by atoms with E-state index in [0.717, 1.165) is 35.4 Å². The molecule has 25 heavy (non-hydrogen) atoms. The summed E-state index contributed by atoms with van der Waals surface area (Å²) < 4.78 is 6.11. The third-order valence-electron chi connectivity index (χ3n) is 6.36. The first-order chi connectivity index (χ1) is 12.1. The number of imide groups is 1. The first kappa shape index (κ1) is 15.0. The summed E-state index contributed by atoms with van der Waals surface area (Å²) in [6.45, 7) is 4.89. The Morgan fingerprint density at radius 1 is 1.20 bits per heavy atom. The Morgan fingerprint density at radius 2 is 1.96 bits per heavy atom. The number of carbonyl (C=O) groups is 2. The second-order valence-electron chi connectivity index (χ2n) is 7.83. The van der Waals surface area contributed by atoms with Crippen molar-refractivity contribution < 1.29 is 14.3 Å². The lowest BCUT2D eigenvalue weighted by Gasteiger charge is -2.55. The van der Waals surface area contributed by atoms with Crippen molar-refractivity contribution in [3.63, 3.8) is 0 Å². The minimum atomic E-state index is -0.596. The van der Waals surface area contributed by atoms with Crippen LogP contribution in [-0.2, 0) is 16.1 Å². The highest BCUT2D eigenvalue weighted by molar-refractivity contribution is 6.07. The van der Waals surface area contributed by atoms with E-state index in [4.69, 9.17) is 4.74 Å². The zero-order chi connectivity index (χ0) is 17.2. The van der Waals surface area contributed by atoms with Gasteiger partial charge in [0.15, 0.2) is 0 Å². The molecule has 2 aliphatic carbocycles. The van der Waals surface area contributed by atoms with Crippen LogP contribution < -0.4 is 10.1 Å². The van der Waals surface area contributed by atoms with Gasteiger partial charge in [-0.15, -0.1) is 0 Å². The van der Waals surface area contributed by atoms with Gasteiger partial charge in [0.2, 0.25) is 5.91 Å². The van der Waals surface area contributed by atoms with Crippen molar-refractivity contribution in [2.24, 2.45) is 5.92 Å². The Morgan fingerprint density at radius 3 is 2.68 bits per heavy atom. The molecule has 6 rings (SSSR count). The number of carbonyl (C=O) groups excluding carboxylic acids is 2. The molecule has 3 heterocycles. The van der Waals surface area contributed by atoms with Crippen LogP contribution in [0.5, 0.6) is 5.75 Å². The zero-order valence-corrected chi connectivity index (χ0v) is 14.2. The van der Waals surface area contributed by atoms with Crippen molar-refractivity contribution in [1.82, 2.24) is 10.2 Å². The van der Waals surface area contributed by atoms with E-state index < -0.39 is 5.54 Å². The highest BCUT2D eigenvalue weighted by atomic mass is 16.5. The molecule has 5 aliphatic rings. The minimum absolute atomic E-state index is 0.0320. The first-order valence-electron chi connectivity index (χ1n) is 9.19. The molecule has 1 N–H and O–H groups in total. The topological polar surface area (TPSA) is 58.6 Å². The van der Waals surface area contributed by atoms with Crippen molar-refractivity contribution in [3.8, 4) is 5.75 Å². The van der Waals surface area contributed by atoms with Gasteiger partial charge in [-0.1, -0.05) is 6.58 Å². The number of hydrogen-bond donors (Lipinski definition) is 1. The second kappa shape index (κ2) is 5.10. The van der Waals surface area contributed by atoms with Crippen LogP contribution >= 0.6 is 0 Å². The summed E-state index contributed by atoms with van der Waals surface area (Å²) in [5, 5.41) is 2.52. The summed E-state index contributed by atoms with van der Waals surface area (Å²) in [6.07, 6.45) is 6.31. The number of ether oxygens (including phenoxy) is 1. The number of fused-ring (bicyclic) bond motifs is 3. The number of benzene rings is 1. The molecule has 2 saturated carbocycles. The van der Waals surface area contributed by atoms with E-state index in [1.807, 2.05) is 6.07 Å². The van der Waals surface area contributed by atoms with Gasteiger partial charge in [0, 0.05) is 23.7 Å². The Hall–Kier alpha value is -2.30. The summed E-state index contributed by atoms with van der Waals surface area (Å²) in [7, 11) is 0. The zero-order valence-electron chi connectivity index (χ0n) is 14.2. The molecule has 3 aliphatic heterocycles. The van der Waals surface area contributed by atoms with Crippen molar-refractivity contribution in [2.75, 3.05) is 0 Å². The number of amides is 2. The van der Waals surface area contributed by atoms with E-state index in [9.17, 15) is 9.59 Å².